The molecule has 88 valence electrons. The Morgan fingerprint density at radius 3 is 3.00 bits per heavy atom. The van der Waals surface area contributed by atoms with Gasteiger partial charge >= 0.3 is 5.97 Å². The third-order valence-electron chi connectivity index (χ3n) is 2.28. The van der Waals surface area contributed by atoms with E-state index in [9.17, 15) is 9.59 Å². The molecule has 0 fully saturated rings. The first kappa shape index (κ1) is 11.3. The van der Waals surface area contributed by atoms with E-state index in [0.717, 1.165) is 5.39 Å². The molecule has 0 amide bonds. The van der Waals surface area contributed by atoms with Crippen molar-refractivity contribution in [3.63, 3.8) is 0 Å². The van der Waals surface area contributed by atoms with Gasteiger partial charge in [0.1, 0.15) is 6.42 Å². The highest BCUT2D eigenvalue weighted by Crippen LogP contribution is 2.16. The van der Waals surface area contributed by atoms with Gasteiger partial charge in [0, 0.05) is 10.9 Å². The number of fused-ring (bicyclic) bond motifs is 1. The lowest BCUT2D eigenvalue weighted by atomic mass is 10.1. The Bertz CT molecular complexity index is 558. The molecule has 0 N–H and O–H groups in total. The van der Waals surface area contributed by atoms with Crippen LogP contribution in [0.1, 0.15) is 23.7 Å². The number of Topliss-reactive ketones (excluding diaryl/α,β-unsaturated/α-hetero) is 1. The second-order valence-corrected chi connectivity index (χ2v) is 3.48. The predicted molar refractivity (Wildman–Crippen MR) is 59.6 cm³/mol. The average molecular weight is 233 g/mol. The summed E-state index contributed by atoms with van der Waals surface area (Å²) in [5.41, 5.74) is 1.06. The number of esters is 1. The lowest BCUT2D eigenvalue weighted by molar-refractivity contribution is -0.141. The Morgan fingerprint density at radius 1 is 1.41 bits per heavy atom. The Labute approximate surface area is 97.3 Å². The molecular weight excluding hydrogens is 222 g/mol. The van der Waals surface area contributed by atoms with Gasteiger partial charge in [-0.2, -0.15) is 0 Å². The van der Waals surface area contributed by atoms with Crippen molar-refractivity contribution in [1.29, 1.82) is 0 Å². The van der Waals surface area contributed by atoms with Gasteiger partial charge in [-0.1, -0.05) is 5.16 Å². The molecule has 1 aromatic heterocycles. The van der Waals surface area contributed by atoms with E-state index >= 15 is 0 Å². The van der Waals surface area contributed by atoms with E-state index in [0.29, 0.717) is 11.1 Å². The van der Waals surface area contributed by atoms with Crippen molar-refractivity contribution in [2.45, 2.75) is 13.3 Å². The Morgan fingerprint density at radius 2 is 2.24 bits per heavy atom. The fourth-order valence-corrected chi connectivity index (χ4v) is 1.49. The SMILES string of the molecule is CCOC(=O)CC(=O)c1ccc2oncc2c1. The van der Waals surface area contributed by atoms with Crippen molar-refractivity contribution in [1.82, 2.24) is 5.16 Å². The zero-order chi connectivity index (χ0) is 12.3. The first-order chi connectivity index (χ1) is 8.20. The fourth-order valence-electron chi connectivity index (χ4n) is 1.49. The van der Waals surface area contributed by atoms with Crippen LogP contribution in [0.3, 0.4) is 0 Å². The van der Waals surface area contributed by atoms with Crippen LogP contribution < -0.4 is 0 Å². The van der Waals surface area contributed by atoms with Crippen LogP contribution in [-0.4, -0.2) is 23.5 Å². The van der Waals surface area contributed by atoms with E-state index in [1.165, 1.54) is 6.20 Å². The number of hydrogen-bond acceptors (Lipinski definition) is 5. The standard InChI is InChI=1S/C12H11NO4/c1-2-16-12(15)6-10(14)8-3-4-11-9(5-8)7-13-17-11/h3-5,7H,2,6H2,1H3. The summed E-state index contributed by atoms with van der Waals surface area (Å²) in [5.74, 6) is -0.783. The number of hydrogen-bond donors (Lipinski definition) is 0. The summed E-state index contributed by atoms with van der Waals surface area (Å²) in [4.78, 5) is 22.9. The summed E-state index contributed by atoms with van der Waals surface area (Å²) in [6, 6.07) is 4.91. The zero-order valence-corrected chi connectivity index (χ0v) is 9.30. The van der Waals surface area contributed by atoms with E-state index < -0.39 is 5.97 Å². The second kappa shape index (κ2) is 4.78. The molecule has 17 heavy (non-hydrogen) atoms. The molecule has 1 heterocycles. The molecule has 1 aromatic carbocycles. The minimum Gasteiger partial charge on any atom is -0.466 e. The number of aromatic nitrogens is 1. The summed E-state index contributed by atoms with van der Waals surface area (Å²) in [6.07, 6.45) is 1.28. The van der Waals surface area contributed by atoms with Crippen LogP contribution in [0.4, 0.5) is 0 Å². The lowest BCUT2D eigenvalue weighted by Gasteiger charge is -2.01. The molecule has 5 heteroatoms. The van der Waals surface area contributed by atoms with E-state index in [1.54, 1.807) is 25.1 Å². The molecule has 0 aliphatic rings. The van der Waals surface area contributed by atoms with Gasteiger partial charge in [-0.05, 0) is 25.1 Å². The highest BCUT2D eigenvalue weighted by Gasteiger charge is 2.13. The largest absolute Gasteiger partial charge is 0.466 e. The van der Waals surface area contributed by atoms with E-state index in [1.807, 2.05) is 0 Å². The third kappa shape index (κ3) is 2.50. The van der Waals surface area contributed by atoms with E-state index in [-0.39, 0.29) is 18.8 Å². The first-order valence-electron chi connectivity index (χ1n) is 5.24. The van der Waals surface area contributed by atoms with Crippen molar-refractivity contribution < 1.29 is 18.8 Å². The van der Waals surface area contributed by atoms with Crippen molar-refractivity contribution in [3.8, 4) is 0 Å². The number of ketones is 1. The molecule has 0 saturated heterocycles. The summed E-state index contributed by atoms with van der Waals surface area (Å²) in [7, 11) is 0. The van der Waals surface area contributed by atoms with E-state index in [4.69, 9.17) is 9.26 Å². The molecule has 0 saturated carbocycles. The van der Waals surface area contributed by atoms with Gasteiger partial charge in [-0.25, -0.2) is 0 Å². The van der Waals surface area contributed by atoms with Crippen molar-refractivity contribution in [2.75, 3.05) is 6.61 Å². The molecular formula is C12H11NO4. The van der Waals surface area contributed by atoms with Gasteiger partial charge in [-0.3, -0.25) is 9.59 Å². The minimum atomic E-state index is -0.511. The van der Waals surface area contributed by atoms with Crippen molar-refractivity contribution in [2.24, 2.45) is 0 Å². The van der Waals surface area contributed by atoms with Crippen LogP contribution in [0.15, 0.2) is 28.9 Å². The van der Waals surface area contributed by atoms with Gasteiger partial charge in [0.25, 0.3) is 0 Å². The molecule has 0 unspecified atom stereocenters. The molecule has 2 rings (SSSR count). The molecule has 2 aromatic rings. The Kier molecular flexibility index (Phi) is 3.18. The number of ether oxygens (including phenoxy) is 1. The molecule has 0 spiro atoms. The van der Waals surface area contributed by atoms with Gasteiger partial charge in [-0.15, -0.1) is 0 Å². The lowest BCUT2D eigenvalue weighted by Crippen LogP contribution is -2.11. The summed E-state index contributed by atoms with van der Waals surface area (Å²) >= 11 is 0. The fraction of sp³-hybridized carbons (Fsp3) is 0.250. The maximum absolute atomic E-state index is 11.7. The summed E-state index contributed by atoms with van der Waals surface area (Å²) < 4.78 is 9.64. The van der Waals surface area contributed by atoms with E-state index in [2.05, 4.69) is 5.16 Å². The monoisotopic (exact) mass is 233 g/mol. The number of benzene rings is 1. The van der Waals surface area contributed by atoms with Crippen LogP contribution in [-0.2, 0) is 9.53 Å². The van der Waals surface area contributed by atoms with Crippen molar-refractivity contribution >= 4 is 22.7 Å². The van der Waals surface area contributed by atoms with Gasteiger partial charge < -0.3 is 9.26 Å². The number of carbonyl (C=O) groups is 2. The van der Waals surface area contributed by atoms with Gasteiger partial charge in [0.05, 0.1) is 12.8 Å². The zero-order valence-electron chi connectivity index (χ0n) is 9.30. The second-order valence-electron chi connectivity index (χ2n) is 3.48. The molecule has 0 aliphatic carbocycles. The highest BCUT2D eigenvalue weighted by molar-refractivity contribution is 6.07. The van der Waals surface area contributed by atoms with Crippen LogP contribution in [0, 0.1) is 0 Å². The quantitative estimate of drug-likeness (QED) is 0.458. The third-order valence-corrected chi connectivity index (χ3v) is 2.28. The van der Waals surface area contributed by atoms with Crippen LogP contribution in [0.5, 0.6) is 0 Å². The molecule has 5 nitrogen and oxygen atoms in total. The summed E-state index contributed by atoms with van der Waals surface area (Å²) in [5, 5.41) is 4.35. The maximum atomic E-state index is 11.7. The van der Waals surface area contributed by atoms with Crippen LogP contribution >= 0.6 is 0 Å². The minimum absolute atomic E-state index is 0.245. The van der Waals surface area contributed by atoms with Gasteiger partial charge in [0.2, 0.25) is 0 Å². The molecule has 0 radical (unpaired) electrons. The smallest absolute Gasteiger partial charge is 0.313 e. The number of rotatable bonds is 4. The molecule has 0 aliphatic heterocycles. The Balaban J connectivity index is 2.15. The molecule has 0 atom stereocenters. The van der Waals surface area contributed by atoms with Crippen LogP contribution in [0.25, 0.3) is 11.0 Å². The number of carbonyl (C=O) groups excluding carboxylic acids is 2. The predicted octanol–water partition coefficient (Wildman–Crippen LogP) is 1.96. The van der Waals surface area contributed by atoms with Gasteiger partial charge in [0.15, 0.2) is 11.4 Å². The normalized spacial score (nSPS) is 10.4. The van der Waals surface area contributed by atoms with Crippen LogP contribution in [0.2, 0.25) is 0 Å². The average Bonchev–Trinajstić information content (AvgIpc) is 2.75. The highest BCUT2D eigenvalue weighted by atomic mass is 16.5. The maximum Gasteiger partial charge on any atom is 0.313 e. The summed E-state index contributed by atoms with van der Waals surface area (Å²) in [6.45, 7) is 1.97. The first-order valence-corrected chi connectivity index (χ1v) is 5.24. The number of nitrogens with zero attached hydrogens (tertiary/aromatic N) is 1. The van der Waals surface area contributed by atoms with Crippen molar-refractivity contribution in [3.05, 3.63) is 30.0 Å². The topological polar surface area (TPSA) is 69.4 Å². The Hall–Kier alpha value is -2.17. The molecule has 0 bridgehead atoms.